The molecule has 6 N–H and O–H groups in total. The SMILES string of the molecule is CCCCCCCCO[C@H]1O[C@H](COCC(CO)(CO)CO)[C@@H](O)[C@H](O)[C@H]1NC(C)=O. The van der Waals surface area contributed by atoms with Gasteiger partial charge in [-0.1, -0.05) is 39.0 Å². The molecule has 0 spiro atoms. The largest absolute Gasteiger partial charge is 0.396 e. The smallest absolute Gasteiger partial charge is 0.217 e. The molecule has 1 rings (SSSR count). The number of unbranched alkanes of at least 4 members (excludes halogenated alkanes) is 5. The van der Waals surface area contributed by atoms with E-state index >= 15 is 0 Å². The zero-order valence-electron chi connectivity index (χ0n) is 18.7. The summed E-state index contributed by atoms with van der Waals surface area (Å²) in [6.07, 6.45) is 1.86. The minimum absolute atomic E-state index is 0.163. The van der Waals surface area contributed by atoms with Gasteiger partial charge in [-0.15, -0.1) is 0 Å². The van der Waals surface area contributed by atoms with Crippen LogP contribution < -0.4 is 5.32 Å². The predicted molar refractivity (Wildman–Crippen MR) is 112 cm³/mol. The van der Waals surface area contributed by atoms with Crippen LogP contribution >= 0.6 is 0 Å². The third-order valence-corrected chi connectivity index (χ3v) is 5.55. The number of nitrogens with one attached hydrogen (secondary N) is 1. The molecule has 0 aromatic heterocycles. The van der Waals surface area contributed by atoms with Crippen LogP contribution in [-0.4, -0.2) is 102 Å². The van der Waals surface area contributed by atoms with Crippen molar-refractivity contribution in [2.45, 2.75) is 83.0 Å². The van der Waals surface area contributed by atoms with Crippen molar-refractivity contribution in [2.75, 3.05) is 39.6 Å². The van der Waals surface area contributed by atoms with E-state index in [1.54, 1.807) is 0 Å². The maximum Gasteiger partial charge on any atom is 0.217 e. The molecule has 0 saturated carbocycles. The lowest BCUT2D eigenvalue weighted by atomic mass is 9.92. The Labute approximate surface area is 184 Å². The summed E-state index contributed by atoms with van der Waals surface area (Å²) in [7, 11) is 0. The van der Waals surface area contributed by atoms with Gasteiger partial charge in [0.15, 0.2) is 6.29 Å². The number of hydrogen-bond donors (Lipinski definition) is 6. The molecule has 0 aromatic rings. The fraction of sp³-hybridized carbons (Fsp3) is 0.952. The average molecular weight is 452 g/mol. The van der Waals surface area contributed by atoms with Crippen LogP contribution in [0.5, 0.6) is 0 Å². The van der Waals surface area contributed by atoms with E-state index in [9.17, 15) is 30.3 Å². The van der Waals surface area contributed by atoms with Crippen molar-refractivity contribution in [1.82, 2.24) is 5.32 Å². The minimum atomic E-state index is -1.35. The highest BCUT2D eigenvalue weighted by Crippen LogP contribution is 2.24. The summed E-state index contributed by atoms with van der Waals surface area (Å²) in [6, 6.07) is -0.935. The van der Waals surface area contributed by atoms with Gasteiger partial charge in [-0.25, -0.2) is 0 Å². The number of carbonyl (C=O) groups is 1. The Hall–Kier alpha value is -0.850. The Bertz CT molecular complexity index is 481. The molecule has 1 amide bonds. The van der Waals surface area contributed by atoms with Gasteiger partial charge in [-0.2, -0.15) is 0 Å². The van der Waals surface area contributed by atoms with Gasteiger partial charge in [0.25, 0.3) is 0 Å². The number of ether oxygens (including phenoxy) is 3. The van der Waals surface area contributed by atoms with Crippen LogP contribution in [0.2, 0.25) is 0 Å². The number of aliphatic hydroxyl groups excluding tert-OH is 5. The van der Waals surface area contributed by atoms with Crippen LogP contribution in [0.15, 0.2) is 0 Å². The van der Waals surface area contributed by atoms with Crippen LogP contribution in [-0.2, 0) is 19.0 Å². The van der Waals surface area contributed by atoms with Crippen LogP contribution in [0.3, 0.4) is 0 Å². The Morgan fingerprint density at radius 1 is 1.00 bits per heavy atom. The quantitative estimate of drug-likeness (QED) is 0.167. The van der Waals surface area contributed by atoms with Crippen LogP contribution in [0.1, 0.15) is 52.4 Å². The Morgan fingerprint density at radius 2 is 1.61 bits per heavy atom. The fourth-order valence-electron chi connectivity index (χ4n) is 3.36. The molecule has 0 aromatic carbocycles. The summed E-state index contributed by atoms with van der Waals surface area (Å²) in [4.78, 5) is 11.5. The molecule has 1 fully saturated rings. The third kappa shape index (κ3) is 9.27. The molecule has 0 radical (unpaired) electrons. The number of hydrogen-bond acceptors (Lipinski definition) is 9. The second kappa shape index (κ2) is 15.1. The monoisotopic (exact) mass is 451 g/mol. The van der Waals surface area contributed by atoms with Crippen molar-refractivity contribution in [3.63, 3.8) is 0 Å². The Balaban J connectivity index is 2.64. The normalized spacial score (nSPS) is 26.7. The third-order valence-electron chi connectivity index (χ3n) is 5.55. The molecular weight excluding hydrogens is 410 g/mol. The van der Waals surface area contributed by atoms with Gasteiger partial charge in [0, 0.05) is 13.5 Å². The second-order valence-corrected chi connectivity index (χ2v) is 8.38. The molecule has 1 aliphatic heterocycles. The maximum absolute atomic E-state index is 11.5. The molecule has 184 valence electrons. The minimum Gasteiger partial charge on any atom is -0.396 e. The van der Waals surface area contributed by atoms with E-state index in [1.165, 1.54) is 26.2 Å². The van der Waals surface area contributed by atoms with Gasteiger partial charge < -0.3 is 45.1 Å². The van der Waals surface area contributed by atoms with Crippen molar-refractivity contribution in [3.05, 3.63) is 0 Å². The molecule has 10 nitrogen and oxygen atoms in total. The lowest BCUT2D eigenvalue weighted by Crippen LogP contribution is -2.64. The van der Waals surface area contributed by atoms with Crippen LogP contribution in [0, 0.1) is 5.41 Å². The number of rotatable bonds is 16. The van der Waals surface area contributed by atoms with E-state index in [-0.39, 0.29) is 19.1 Å². The highest BCUT2D eigenvalue weighted by Gasteiger charge is 2.45. The van der Waals surface area contributed by atoms with Gasteiger partial charge in [0.05, 0.1) is 38.4 Å². The fourth-order valence-corrected chi connectivity index (χ4v) is 3.36. The van der Waals surface area contributed by atoms with E-state index in [1.807, 2.05) is 0 Å². The maximum atomic E-state index is 11.5. The molecule has 0 bridgehead atoms. The van der Waals surface area contributed by atoms with Crippen molar-refractivity contribution in [2.24, 2.45) is 5.41 Å². The molecule has 0 unspecified atom stereocenters. The summed E-state index contributed by atoms with van der Waals surface area (Å²) < 4.78 is 17.0. The van der Waals surface area contributed by atoms with E-state index < -0.39 is 55.9 Å². The summed E-state index contributed by atoms with van der Waals surface area (Å²) in [5.74, 6) is -0.388. The van der Waals surface area contributed by atoms with Gasteiger partial charge in [0.1, 0.15) is 24.4 Å². The topological polar surface area (TPSA) is 158 Å². The van der Waals surface area contributed by atoms with E-state index in [0.29, 0.717) is 6.61 Å². The first kappa shape index (κ1) is 28.2. The molecule has 1 saturated heterocycles. The lowest BCUT2D eigenvalue weighted by Gasteiger charge is -2.42. The summed E-state index contributed by atoms with van der Waals surface area (Å²) in [6.45, 7) is 2.06. The molecular formula is C21H41NO9. The number of amides is 1. The molecule has 0 aliphatic carbocycles. The standard InChI is InChI=1S/C21H41NO9/c1-3-4-5-6-7-8-9-30-20-17(22-15(2)26)19(28)18(27)16(31-20)10-29-14-21(11-23,12-24)13-25/h16-20,23-25,27-28H,3-14H2,1-2H3,(H,22,26)/t16-,17-,18-,19-,20+/m1/s1. The Kier molecular flexibility index (Phi) is 13.7. The van der Waals surface area contributed by atoms with Crippen molar-refractivity contribution in [1.29, 1.82) is 0 Å². The molecule has 10 heteroatoms. The first-order valence-electron chi connectivity index (χ1n) is 11.1. The summed E-state index contributed by atoms with van der Waals surface area (Å²) in [5, 5.41) is 51.6. The van der Waals surface area contributed by atoms with Gasteiger partial charge in [-0.3, -0.25) is 4.79 Å². The summed E-state index contributed by atoms with van der Waals surface area (Å²) >= 11 is 0. The van der Waals surface area contributed by atoms with E-state index in [4.69, 9.17) is 14.2 Å². The molecule has 1 aliphatic rings. The number of carbonyl (C=O) groups excluding carboxylic acids is 1. The second-order valence-electron chi connectivity index (χ2n) is 8.38. The van der Waals surface area contributed by atoms with Crippen LogP contribution in [0.4, 0.5) is 0 Å². The first-order valence-corrected chi connectivity index (χ1v) is 11.1. The Morgan fingerprint density at radius 3 is 2.19 bits per heavy atom. The van der Waals surface area contributed by atoms with Crippen molar-refractivity contribution < 1.29 is 44.5 Å². The summed E-state index contributed by atoms with van der Waals surface area (Å²) in [5.41, 5.74) is -1.22. The van der Waals surface area contributed by atoms with Crippen LogP contribution in [0.25, 0.3) is 0 Å². The van der Waals surface area contributed by atoms with Gasteiger partial charge in [-0.05, 0) is 6.42 Å². The molecule has 31 heavy (non-hydrogen) atoms. The van der Waals surface area contributed by atoms with Crippen molar-refractivity contribution in [3.8, 4) is 0 Å². The zero-order valence-corrected chi connectivity index (χ0v) is 18.7. The highest BCUT2D eigenvalue weighted by atomic mass is 16.7. The zero-order chi connectivity index (χ0) is 23.3. The highest BCUT2D eigenvalue weighted by molar-refractivity contribution is 5.73. The van der Waals surface area contributed by atoms with E-state index in [0.717, 1.165) is 19.3 Å². The van der Waals surface area contributed by atoms with Gasteiger partial charge >= 0.3 is 0 Å². The number of aliphatic hydroxyl groups is 5. The molecule has 1 heterocycles. The average Bonchev–Trinajstić information content (AvgIpc) is 2.76. The molecule has 5 atom stereocenters. The van der Waals surface area contributed by atoms with E-state index in [2.05, 4.69) is 12.2 Å². The first-order chi connectivity index (χ1) is 14.8. The van der Waals surface area contributed by atoms with Crippen molar-refractivity contribution >= 4 is 5.91 Å². The lowest BCUT2D eigenvalue weighted by molar-refractivity contribution is -0.274. The predicted octanol–water partition coefficient (Wildman–Crippen LogP) is -0.705. The van der Waals surface area contributed by atoms with Gasteiger partial charge in [0.2, 0.25) is 5.91 Å².